The number of hydrogen-bond donors (Lipinski definition) is 2. The minimum absolute atomic E-state index is 0.0349. The number of aliphatic hydroxyl groups excluding tert-OH is 1. The highest BCUT2D eigenvalue weighted by Crippen LogP contribution is 2.20. The van der Waals surface area contributed by atoms with Crippen molar-refractivity contribution in [2.75, 3.05) is 6.61 Å². The van der Waals surface area contributed by atoms with Crippen molar-refractivity contribution in [3.63, 3.8) is 0 Å². The molecule has 23 heavy (non-hydrogen) atoms. The second-order valence-electron chi connectivity index (χ2n) is 5.19. The zero-order chi connectivity index (χ0) is 16.8. The molecule has 5 nitrogen and oxygen atoms in total. The fourth-order valence-corrected chi connectivity index (χ4v) is 2.49. The number of nitrogens with one attached hydrogen (secondary N) is 1. The maximum atomic E-state index is 12.4. The number of benzene rings is 1. The second kappa shape index (κ2) is 8.03. The van der Waals surface area contributed by atoms with Gasteiger partial charge < -0.3 is 15.2 Å². The average Bonchev–Trinajstić information content (AvgIpc) is 2.76. The summed E-state index contributed by atoms with van der Waals surface area (Å²) >= 11 is 0. The van der Waals surface area contributed by atoms with Crippen LogP contribution in [0.5, 0.6) is 5.75 Å². The first-order chi connectivity index (χ1) is 11.0. The quantitative estimate of drug-likeness (QED) is 0.782. The van der Waals surface area contributed by atoms with Gasteiger partial charge in [-0.3, -0.25) is 4.68 Å². The summed E-state index contributed by atoms with van der Waals surface area (Å²) in [6.45, 7) is 2.48. The van der Waals surface area contributed by atoms with E-state index in [0.717, 1.165) is 17.0 Å². The fourth-order valence-electron chi connectivity index (χ4n) is 2.49. The average molecular weight is 325 g/mol. The molecule has 0 saturated carbocycles. The van der Waals surface area contributed by atoms with Gasteiger partial charge in [0.1, 0.15) is 5.75 Å². The van der Waals surface area contributed by atoms with Crippen LogP contribution < -0.4 is 10.1 Å². The Morgan fingerprint density at radius 3 is 2.70 bits per heavy atom. The number of aromatic nitrogens is 2. The number of aliphatic hydroxyl groups is 1. The summed E-state index contributed by atoms with van der Waals surface area (Å²) in [5.74, 6) is 0.180. The smallest absolute Gasteiger partial charge is 0.387 e. The number of ether oxygens (including phenoxy) is 1. The fraction of sp³-hybridized carbons (Fsp3) is 0.438. The highest BCUT2D eigenvalue weighted by molar-refractivity contribution is 5.33. The highest BCUT2D eigenvalue weighted by atomic mass is 19.3. The molecule has 0 aliphatic carbocycles. The number of alkyl halides is 2. The monoisotopic (exact) mass is 325 g/mol. The molecule has 0 spiro atoms. The summed E-state index contributed by atoms with van der Waals surface area (Å²) < 4.78 is 31.1. The van der Waals surface area contributed by atoms with E-state index in [2.05, 4.69) is 15.2 Å². The van der Waals surface area contributed by atoms with Crippen molar-refractivity contribution in [1.82, 2.24) is 15.1 Å². The van der Waals surface area contributed by atoms with Crippen LogP contribution >= 0.6 is 0 Å². The first-order valence-electron chi connectivity index (χ1n) is 7.40. The Bertz CT molecular complexity index is 644. The van der Waals surface area contributed by atoms with E-state index in [1.165, 1.54) is 6.07 Å². The molecule has 126 valence electrons. The Balaban J connectivity index is 2.01. The van der Waals surface area contributed by atoms with E-state index in [9.17, 15) is 8.78 Å². The maximum Gasteiger partial charge on any atom is 0.387 e. The van der Waals surface area contributed by atoms with Crippen LogP contribution in [0.25, 0.3) is 0 Å². The molecule has 2 aromatic rings. The molecule has 7 heteroatoms. The van der Waals surface area contributed by atoms with Gasteiger partial charge in [0, 0.05) is 29.9 Å². The molecule has 1 aromatic carbocycles. The van der Waals surface area contributed by atoms with E-state index < -0.39 is 6.61 Å². The predicted octanol–water partition coefficient (Wildman–Crippen LogP) is 2.38. The lowest BCUT2D eigenvalue weighted by Gasteiger charge is -2.11. The van der Waals surface area contributed by atoms with E-state index in [-0.39, 0.29) is 12.4 Å². The largest absolute Gasteiger partial charge is 0.434 e. The lowest BCUT2D eigenvalue weighted by atomic mass is 10.1. The Labute approximate surface area is 133 Å². The van der Waals surface area contributed by atoms with Crippen LogP contribution in [0, 0.1) is 13.8 Å². The summed E-state index contributed by atoms with van der Waals surface area (Å²) in [6.07, 6.45) is 0. The van der Waals surface area contributed by atoms with Crippen LogP contribution in [0.2, 0.25) is 0 Å². The number of para-hydroxylation sites is 1. The predicted molar refractivity (Wildman–Crippen MR) is 82.4 cm³/mol. The molecule has 2 N–H and O–H groups in total. The van der Waals surface area contributed by atoms with Gasteiger partial charge in [-0.2, -0.15) is 13.9 Å². The van der Waals surface area contributed by atoms with E-state index in [1.807, 2.05) is 13.8 Å². The van der Waals surface area contributed by atoms with Crippen LogP contribution in [-0.4, -0.2) is 28.1 Å². The van der Waals surface area contributed by atoms with Crippen molar-refractivity contribution in [2.24, 2.45) is 0 Å². The molecule has 0 bridgehead atoms. The zero-order valence-electron chi connectivity index (χ0n) is 13.2. The van der Waals surface area contributed by atoms with Gasteiger partial charge in [-0.1, -0.05) is 18.2 Å². The standard InChI is InChI=1S/C16H21F2N3O2/c1-11-14(12(2)21(20-11)7-8-22)10-19-9-13-5-3-4-6-15(13)23-16(17)18/h3-6,16,19,22H,7-10H2,1-2H3. The van der Waals surface area contributed by atoms with E-state index >= 15 is 0 Å². The number of hydrogen-bond acceptors (Lipinski definition) is 4. The van der Waals surface area contributed by atoms with Gasteiger partial charge in [0.2, 0.25) is 0 Å². The molecule has 1 aromatic heterocycles. The Kier molecular flexibility index (Phi) is 6.06. The van der Waals surface area contributed by atoms with Crippen LogP contribution in [0.3, 0.4) is 0 Å². The summed E-state index contributed by atoms with van der Waals surface area (Å²) in [4.78, 5) is 0. The van der Waals surface area contributed by atoms with Gasteiger partial charge in [0.25, 0.3) is 0 Å². The molecule has 0 fully saturated rings. The van der Waals surface area contributed by atoms with E-state index in [0.29, 0.717) is 25.2 Å². The lowest BCUT2D eigenvalue weighted by Crippen LogP contribution is -2.15. The zero-order valence-corrected chi connectivity index (χ0v) is 13.2. The van der Waals surface area contributed by atoms with Gasteiger partial charge >= 0.3 is 6.61 Å². The molecular weight excluding hydrogens is 304 g/mol. The molecule has 0 aliphatic heterocycles. The Morgan fingerprint density at radius 1 is 1.26 bits per heavy atom. The van der Waals surface area contributed by atoms with Crippen molar-refractivity contribution in [1.29, 1.82) is 0 Å². The van der Waals surface area contributed by atoms with Gasteiger partial charge in [-0.25, -0.2) is 0 Å². The molecule has 0 unspecified atom stereocenters. The Morgan fingerprint density at radius 2 is 2.00 bits per heavy atom. The minimum atomic E-state index is -2.84. The third kappa shape index (κ3) is 4.49. The summed E-state index contributed by atoms with van der Waals surface area (Å²) in [5.41, 5.74) is 3.60. The van der Waals surface area contributed by atoms with Crippen molar-refractivity contribution in [3.8, 4) is 5.75 Å². The van der Waals surface area contributed by atoms with Crippen LogP contribution in [0.1, 0.15) is 22.5 Å². The van der Waals surface area contributed by atoms with Crippen molar-refractivity contribution >= 4 is 0 Å². The number of nitrogens with zero attached hydrogens (tertiary/aromatic N) is 2. The molecule has 2 rings (SSSR count). The van der Waals surface area contributed by atoms with Gasteiger partial charge in [0.15, 0.2) is 0 Å². The van der Waals surface area contributed by atoms with Crippen LogP contribution in [0.4, 0.5) is 8.78 Å². The Hall–Kier alpha value is -1.99. The van der Waals surface area contributed by atoms with Gasteiger partial charge in [0.05, 0.1) is 18.8 Å². The van der Waals surface area contributed by atoms with Crippen molar-refractivity contribution in [3.05, 3.63) is 46.8 Å². The molecule has 0 amide bonds. The van der Waals surface area contributed by atoms with Crippen molar-refractivity contribution in [2.45, 2.75) is 40.1 Å². The SMILES string of the molecule is Cc1nn(CCO)c(C)c1CNCc1ccccc1OC(F)F. The van der Waals surface area contributed by atoms with Crippen LogP contribution in [-0.2, 0) is 19.6 Å². The number of rotatable bonds is 8. The van der Waals surface area contributed by atoms with Gasteiger partial charge in [-0.05, 0) is 19.9 Å². The third-order valence-corrected chi connectivity index (χ3v) is 3.65. The van der Waals surface area contributed by atoms with E-state index in [1.54, 1.807) is 22.9 Å². The molecule has 1 heterocycles. The number of halogens is 2. The molecule has 0 aliphatic rings. The van der Waals surface area contributed by atoms with Gasteiger partial charge in [-0.15, -0.1) is 0 Å². The molecule has 0 radical (unpaired) electrons. The second-order valence-corrected chi connectivity index (χ2v) is 5.19. The number of aryl methyl sites for hydroxylation is 1. The normalized spacial score (nSPS) is 11.2. The first-order valence-corrected chi connectivity index (χ1v) is 7.40. The van der Waals surface area contributed by atoms with Crippen molar-refractivity contribution < 1.29 is 18.6 Å². The first kappa shape index (κ1) is 17.4. The molecular formula is C16H21F2N3O2. The maximum absolute atomic E-state index is 12.4. The van der Waals surface area contributed by atoms with Crippen LogP contribution in [0.15, 0.2) is 24.3 Å². The topological polar surface area (TPSA) is 59.3 Å². The summed E-state index contributed by atoms with van der Waals surface area (Å²) in [7, 11) is 0. The molecule has 0 saturated heterocycles. The highest BCUT2D eigenvalue weighted by Gasteiger charge is 2.12. The third-order valence-electron chi connectivity index (χ3n) is 3.65. The summed E-state index contributed by atoms with van der Waals surface area (Å²) in [6, 6.07) is 6.72. The van der Waals surface area contributed by atoms with E-state index in [4.69, 9.17) is 5.11 Å². The minimum Gasteiger partial charge on any atom is -0.434 e. The lowest BCUT2D eigenvalue weighted by molar-refractivity contribution is -0.0505. The molecule has 0 atom stereocenters. The summed E-state index contributed by atoms with van der Waals surface area (Å²) in [5, 5.41) is 16.6.